The molecule has 6 heteroatoms. The van der Waals surface area contributed by atoms with E-state index in [-0.39, 0.29) is 22.8 Å². The normalized spacial score (nSPS) is 10.3. The summed E-state index contributed by atoms with van der Waals surface area (Å²) in [7, 11) is 1.73. The maximum atomic E-state index is 12.6. The zero-order chi connectivity index (χ0) is 19.1. The van der Waals surface area contributed by atoms with E-state index < -0.39 is 0 Å². The molecular weight excluding hydrogens is 346 g/mol. The molecule has 2 N–H and O–H groups in total. The van der Waals surface area contributed by atoms with Gasteiger partial charge in [-0.2, -0.15) is 0 Å². The molecule has 0 bridgehead atoms. The summed E-state index contributed by atoms with van der Waals surface area (Å²) < 4.78 is 0. The van der Waals surface area contributed by atoms with Gasteiger partial charge in [-0.15, -0.1) is 0 Å². The summed E-state index contributed by atoms with van der Waals surface area (Å²) in [6, 6.07) is 16.9. The molecule has 0 fully saturated rings. The van der Waals surface area contributed by atoms with Crippen molar-refractivity contribution in [2.45, 2.75) is 20.4 Å². The second-order valence-corrected chi connectivity index (χ2v) is 6.58. The van der Waals surface area contributed by atoms with Crippen LogP contribution in [-0.2, 0) is 11.3 Å². The molecule has 0 aliphatic rings. The number of carbonyl (C=O) groups excluding carboxylic acids is 2. The topological polar surface area (TPSA) is 61.4 Å². The van der Waals surface area contributed by atoms with E-state index >= 15 is 0 Å². The first-order valence-electron chi connectivity index (χ1n) is 8.40. The highest BCUT2D eigenvalue weighted by molar-refractivity contribution is 7.80. The van der Waals surface area contributed by atoms with Crippen molar-refractivity contribution in [1.29, 1.82) is 0 Å². The fourth-order valence-corrected chi connectivity index (χ4v) is 2.47. The number of hydrogen-bond donors (Lipinski definition) is 2. The lowest BCUT2D eigenvalue weighted by molar-refractivity contribution is -0.122. The molecule has 26 heavy (non-hydrogen) atoms. The largest absolute Gasteiger partial charge is 0.348 e. The lowest BCUT2D eigenvalue weighted by atomic mass is 10.1. The third-order valence-electron chi connectivity index (χ3n) is 3.87. The van der Waals surface area contributed by atoms with E-state index in [1.807, 2.05) is 36.4 Å². The maximum Gasteiger partial charge on any atom is 0.253 e. The van der Waals surface area contributed by atoms with Crippen molar-refractivity contribution in [3.8, 4) is 0 Å². The first-order chi connectivity index (χ1) is 12.4. The monoisotopic (exact) mass is 369 g/mol. The van der Waals surface area contributed by atoms with Gasteiger partial charge in [-0.3, -0.25) is 9.59 Å². The van der Waals surface area contributed by atoms with Crippen LogP contribution in [0.3, 0.4) is 0 Å². The molecule has 0 saturated heterocycles. The van der Waals surface area contributed by atoms with Gasteiger partial charge in [-0.1, -0.05) is 56.3 Å². The fraction of sp³-hybridized carbons (Fsp3) is 0.250. The molecule has 0 radical (unpaired) electrons. The third kappa shape index (κ3) is 5.13. The number of benzene rings is 2. The van der Waals surface area contributed by atoms with Crippen molar-refractivity contribution < 1.29 is 9.59 Å². The van der Waals surface area contributed by atoms with E-state index in [1.165, 1.54) is 0 Å². The van der Waals surface area contributed by atoms with Crippen molar-refractivity contribution in [2.24, 2.45) is 5.92 Å². The number of nitrogens with one attached hydrogen (secondary N) is 2. The van der Waals surface area contributed by atoms with Crippen LogP contribution in [-0.4, -0.2) is 24.0 Å². The predicted molar refractivity (Wildman–Crippen MR) is 108 cm³/mol. The van der Waals surface area contributed by atoms with Crippen LogP contribution in [0.15, 0.2) is 54.6 Å². The molecule has 0 spiro atoms. The molecule has 2 aromatic rings. The van der Waals surface area contributed by atoms with Crippen molar-refractivity contribution in [2.75, 3.05) is 11.9 Å². The van der Waals surface area contributed by atoms with Crippen LogP contribution in [0.4, 0.5) is 5.69 Å². The first kappa shape index (κ1) is 19.6. The highest BCUT2D eigenvalue weighted by Gasteiger charge is 2.18. The summed E-state index contributed by atoms with van der Waals surface area (Å²) >= 11 is 5.30. The van der Waals surface area contributed by atoms with E-state index in [4.69, 9.17) is 12.2 Å². The van der Waals surface area contributed by atoms with Gasteiger partial charge in [0, 0.05) is 19.5 Å². The van der Waals surface area contributed by atoms with E-state index in [1.54, 1.807) is 44.0 Å². The number of thiocarbonyl (C=S) groups is 1. The van der Waals surface area contributed by atoms with Gasteiger partial charge in [0.15, 0.2) is 5.11 Å². The molecule has 0 aliphatic carbocycles. The van der Waals surface area contributed by atoms with Gasteiger partial charge in [0.05, 0.1) is 11.3 Å². The average molecular weight is 369 g/mol. The van der Waals surface area contributed by atoms with E-state index in [9.17, 15) is 9.59 Å². The number of hydrogen-bond acceptors (Lipinski definition) is 3. The molecule has 0 aromatic heterocycles. The van der Waals surface area contributed by atoms with E-state index in [0.717, 1.165) is 5.56 Å². The Kier molecular flexibility index (Phi) is 6.86. The Labute approximate surface area is 159 Å². The Morgan fingerprint density at radius 2 is 1.65 bits per heavy atom. The summed E-state index contributed by atoms with van der Waals surface area (Å²) in [6.07, 6.45) is 0. The van der Waals surface area contributed by atoms with Crippen LogP contribution in [0.25, 0.3) is 0 Å². The summed E-state index contributed by atoms with van der Waals surface area (Å²) in [4.78, 5) is 26.1. The van der Waals surface area contributed by atoms with Crippen molar-refractivity contribution >= 4 is 34.8 Å². The standard InChI is InChI=1S/C20H23N3O2S/c1-14(2)18(24)22-20(26)23(3)17-12-8-7-11-16(17)19(25)21-13-15-9-5-4-6-10-15/h4-12,14H,13H2,1-3H3,(H,21,25)(H,22,24,26). The highest BCUT2D eigenvalue weighted by Crippen LogP contribution is 2.19. The van der Waals surface area contributed by atoms with Crippen LogP contribution in [0, 0.1) is 5.92 Å². The Balaban J connectivity index is 2.12. The van der Waals surface area contributed by atoms with Gasteiger partial charge in [0.25, 0.3) is 5.91 Å². The Morgan fingerprint density at radius 3 is 2.31 bits per heavy atom. The number of rotatable bonds is 5. The number of nitrogens with zero attached hydrogens (tertiary/aromatic N) is 1. The molecule has 5 nitrogen and oxygen atoms in total. The highest BCUT2D eigenvalue weighted by atomic mass is 32.1. The second-order valence-electron chi connectivity index (χ2n) is 6.19. The van der Waals surface area contributed by atoms with Crippen LogP contribution in [0.2, 0.25) is 0 Å². The molecule has 0 aliphatic heterocycles. The zero-order valence-corrected chi connectivity index (χ0v) is 16.0. The minimum Gasteiger partial charge on any atom is -0.348 e. The van der Waals surface area contributed by atoms with Crippen LogP contribution < -0.4 is 15.5 Å². The third-order valence-corrected chi connectivity index (χ3v) is 4.24. The Hall–Kier alpha value is -2.73. The summed E-state index contributed by atoms with van der Waals surface area (Å²) in [5.74, 6) is -0.534. The first-order valence-corrected chi connectivity index (χ1v) is 8.80. The lowest BCUT2D eigenvalue weighted by Gasteiger charge is -2.23. The minimum absolute atomic E-state index is 0.159. The van der Waals surface area contributed by atoms with E-state index in [0.29, 0.717) is 17.8 Å². The van der Waals surface area contributed by atoms with Crippen LogP contribution in [0.1, 0.15) is 29.8 Å². The Morgan fingerprint density at radius 1 is 1.04 bits per heavy atom. The molecular formula is C20H23N3O2S. The van der Waals surface area contributed by atoms with Crippen molar-refractivity contribution in [1.82, 2.24) is 10.6 Å². The Bertz CT molecular complexity index is 791. The molecule has 136 valence electrons. The van der Waals surface area contributed by atoms with Gasteiger partial charge < -0.3 is 15.5 Å². The number of para-hydroxylation sites is 1. The maximum absolute atomic E-state index is 12.6. The lowest BCUT2D eigenvalue weighted by Crippen LogP contribution is -2.43. The molecule has 0 atom stereocenters. The zero-order valence-electron chi connectivity index (χ0n) is 15.2. The van der Waals surface area contributed by atoms with Crippen molar-refractivity contribution in [3.63, 3.8) is 0 Å². The van der Waals surface area contributed by atoms with Gasteiger partial charge >= 0.3 is 0 Å². The van der Waals surface area contributed by atoms with Gasteiger partial charge in [0.2, 0.25) is 5.91 Å². The molecule has 2 rings (SSSR count). The SMILES string of the molecule is CC(C)C(=O)NC(=S)N(C)c1ccccc1C(=O)NCc1ccccc1. The molecule has 2 aromatic carbocycles. The number of carbonyl (C=O) groups is 2. The average Bonchev–Trinajstić information content (AvgIpc) is 2.66. The quantitative estimate of drug-likeness (QED) is 0.795. The summed E-state index contributed by atoms with van der Waals surface area (Å²) in [5.41, 5.74) is 2.14. The minimum atomic E-state index is -0.200. The molecule has 0 unspecified atom stereocenters. The number of anilines is 1. The second kappa shape index (κ2) is 9.10. The summed E-state index contributed by atoms with van der Waals surface area (Å²) in [5, 5.41) is 5.86. The smallest absolute Gasteiger partial charge is 0.253 e. The number of amides is 2. The molecule has 0 saturated carbocycles. The molecule has 2 amide bonds. The summed E-state index contributed by atoms with van der Waals surface area (Å²) in [6.45, 7) is 4.03. The predicted octanol–water partition coefficient (Wildman–Crippen LogP) is 3.11. The fourth-order valence-electron chi connectivity index (χ4n) is 2.27. The van der Waals surface area contributed by atoms with Gasteiger partial charge in [0.1, 0.15) is 0 Å². The van der Waals surface area contributed by atoms with Crippen molar-refractivity contribution in [3.05, 3.63) is 65.7 Å². The van der Waals surface area contributed by atoms with Gasteiger partial charge in [-0.05, 0) is 29.9 Å². The van der Waals surface area contributed by atoms with Crippen LogP contribution in [0.5, 0.6) is 0 Å². The van der Waals surface area contributed by atoms with Crippen LogP contribution >= 0.6 is 12.2 Å². The molecule has 0 heterocycles. The van der Waals surface area contributed by atoms with E-state index in [2.05, 4.69) is 10.6 Å². The van der Waals surface area contributed by atoms with Gasteiger partial charge in [-0.25, -0.2) is 0 Å².